The van der Waals surface area contributed by atoms with E-state index >= 15 is 0 Å². The normalized spacial score (nSPS) is 12.3. The average molecular weight is 518 g/mol. The van der Waals surface area contributed by atoms with Crippen LogP contribution in [0, 0.1) is 13.8 Å². The number of benzene rings is 2. The second kappa shape index (κ2) is 11.8. The Hall–Kier alpha value is -3.36. The first kappa shape index (κ1) is 26.7. The molecule has 194 valence electrons. The molecule has 0 bridgehead atoms. The van der Waals surface area contributed by atoms with Crippen molar-refractivity contribution in [3.05, 3.63) is 93.2 Å². The molecule has 7 nitrogen and oxygen atoms in total. The lowest BCUT2D eigenvalue weighted by molar-refractivity contribution is 0.0649. The summed E-state index contributed by atoms with van der Waals surface area (Å²) in [6, 6.07) is 17.2. The molecule has 2 aromatic carbocycles. The number of rotatable bonds is 10. The Morgan fingerprint density at radius 1 is 1.03 bits per heavy atom. The van der Waals surface area contributed by atoms with E-state index in [1.54, 1.807) is 4.57 Å². The lowest BCUT2D eigenvalue weighted by Crippen LogP contribution is -2.40. The summed E-state index contributed by atoms with van der Waals surface area (Å²) in [4.78, 5) is 37.4. The maximum Gasteiger partial charge on any atom is 0.264 e. The highest BCUT2D eigenvalue weighted by Gasteiger charge is 2.30. The van der Waals surface area contributed by atoms with Gasteiger partial charge < -0.3 is 9.80 Å². The van der Waals surface area contributed by atoms with Crippen LogP contribution in [0.15, 0.2) is 59.4 Å². The number of aryl methyl sites for hydroxylation is 2. The van der Waals surface area contributed by atoms with Crippen LogP contribution in [0.1, 0.15) is 58.8 Å². The molecule has 0 aliphatic rings. The van der Waals surface area contributed by atoms with Gasteiger partial charge in [0.2, 0.25) is 0 Å². The van der Waals surface area contributed by atoms with Crippen molar-refractivity contribution in [2.45, 2.75) is 46.2 Å². The van der Waals surface area contributed by atoms with Crippen LogP contribution < -0.4 is 5.56 Å². The van der Waals surface area contributed by atoms with Gasteiger partial charge in [-0.2, -0.15) is 4.37 Å². The van der Waals surface area contributed by atoms with Crippen LogP contribution in [0.5, 0.6) is 0 Å². The number of fused-ring (bicyclic) bond motifs is 1. The minimum Gasteiger partial charge on any atom is -0.328 e. The van der Waals surface area contributed by atoms with Crippen LogP contribution in [0.3, 0.4) is 0 Å². The minimum absolute atomic E-state index is 0.0494. The van der Waals surface area contributed by atoms with Crippen LogP contribution in [-0.2, 0) is 6.54 Å². The standard InChI is InChI=1S/C29H35N5O2S/c1-6-24(33(18-10-17-32(4)5)28(35)23-15-13-20(2)14-16-23)26-30-27-25(21(3)31-37-27)29(36)34(26)19-22-11-8-7-9-12-22/h7-9,11-16,24H,6,10,17-19H2,1-5H3/t24-/m0/s1. The maximum absolute atomic E-state index is 13.9. The number of amides is 1. The molecule has 1 amide bonds. The quantitative estimate of drug-likeness (QED) is 0.294. The Morgan fingerprint density at radius 3 is 2.38 bits per heavy atom. The van der Waals surface area contributed by atoms with Crippen LogP contribution in [0.25, 0.3) is 10.2 Å². The molecule has 0 unspecified atom stereocenters. The van der Waals surface area contributed by atoms with Gasteiger partial charge in [-0.05, 0) is 76.6 Å². The molecule has 0 aliphatic heterocycles. The number of carbonyl (C=O) groups is 1. The zero-order chi connectivity index (χ0) is 26.5. The highest BCUT2D eigenvalue weighted by molar-refractivity contribution is 7.12. The average Bonchev–Trinajstić information content (AvgIpc) is 3.26. The molecule has 4 aromatic rings. The molecule has 2 aromatic heterocycles. The van der Waals surface area contributed by atoms with Crippen molar-refractivity contribution >= 4 is 27.7 Å². The van der Waals surface area contributed by atoms with E-state index in [4.69, 9.17) is 4.98 Å². The fourth-order valence-electron chi connectivity index (χ4n) is 4.62. The van der Waals surface area contributed by atoms with Crippen molar-refractivity contribution in [1.82, 2.24) is 23.7 Å². The lowest BCUT2D eigenvalue weighted by Gasteiger charge is -2.33. The molecule has 0 radical (unpaired) electrons. The van der Waals surface area contributed by atoms with Gasteiger partial charge in [0.25, 0.3) is 11.5 Å². The fourth-order valence-corrected chi connectivity index (χ4v) is 5.39. The Bertz CT molecular complexity index is 1410. The molecule has 0 aliphatic carbocycles. The summed E-state index contributed by atoms with van der Waals surface area (Å²) in [5.41, 5.74) is 3.33. The molecule has 0 N–H and O–H groups in total. The second-order valence-electron chi connectivity index (χ2n) is 9.74. The molecule has 2 heterocycles. The van der Waals surface area contributed by atoms with E-state index in [1.807, 2.05) is 94.4 Å². The van der Waals surface area contributed by atoms with E-state index in [0.29, 0.717) is 46.8 Å². The van der Waals surface area contributed by atoms with Gasteiger partial charge in [-0.15, -0.1) is 0 Å². The molecule has 0 fully saturated rings. The Balaban J connectivity index is 1.84. The molecule has 0 spiro atoms. The number of nitrogens with zero attached hydrogens (tertiary/aromatic N) is 5. The number of hydrogen-bond acceptors (Lipinski definition) is 6. The highest BCUT2D eigenvalue weighted by atomic mass is 32.1. The van der Waals surface area contributed by atoms with Gasteiger partial charge in [0.1, 0.15) is 5.82 Å². The van der Waals surface area contributed by atoms with Crippen molar-refractivity contribution in [3.8, 4) is 0 Å². The number of hydrogen-bond donors (Lipinski definition) is 0. The highest BCUT2D eigenvalue weighted by Crippen LogP contribution is 2.28. The third-order valence-electron chi connectivity index (χ3n) is 6.60. The molecular weight excluding hydrogens is 482 g/mol. The topological polar surface area (TPSA) is 71.3 Å². The van der Waals surface area contributed by atoms with Crippen molar-refractivity contribution in [1.29, 1.82) is 0 Å². The maximum atomic E-state index is 13.9. The lowest BCUT2D eigenvalue weighted by atomic mass is 10.1. The van der Waals surface area contributed by atoms with Crippen LogP contribution >= 0.6 is 11.5 Å². The van der Waals surface area contributed by atoms with E-state index in [0.717, 1.165) is 24.1 Å². The Kier molecular flexibility index (Phi) is 8.51. The van der Waals surface area contributed by atoms with Gasteiger partial charge in [-0.25, -0.2) is 4.98 Å². The summed E-state index contributed by atoms with van der Waals surface area (Å²) in [6.45, 7) is 7.70. The Labute approximate surface area is 222 Å². The van der Waals surface area contributed by atoms with Crippen molar-refractivity contribution in [2.75, 3.05) is 27.2 Å². The van der Waals surface area contributed by atoms with Crippen LogP contribution in [0.4, 0.5) is 0 Å². The van der Waals surface area contributed by atoms with Crippen molar-refractivity contribution < 1.29 is 4.79 Å². The van der Waals surface area contributed by atoms with Crippen molar-refractivity contribution in [3.63, 3.8) is 0 Å². The fraction of sp³-hybridized carbons (Fsp3) is 0.379. The third kappa shape index (κ3) is 5.97. The third-order valence-corrected chi connectivity index (χ3v) is 7.44. The van der Waals surface area contributed by atoms with Gasteiger partial charge in [0, 0.05) is 12.1 Å². The zero-order valence-corrected chi connectivity index (χ0v) is 23.1. The predicted octanol–water partition coefficient (Wildman–Crippen LogP) is 5.06. The summed E-state index contributed by atoms with van der Waals surface area (Å²) in [5, 5.41) is 0.559. The molecule has 8 heteroatoms. The van der Waals surface area contributed by atoms with Crippen molar-refractivity contribution in [2.24, 2.45) is 0 Å². The van der Waals surface area contributed by atoms with Gasteiger partial charge in [-0.1, -0.05) is 55.0 Å². The molecular formula is C29H35N5O2S. The monoisotopic (exact) mass is 517 g/mol. The molecule has 1 atom stereocenters. The van der Waals surface area contributed by atoms with Gasteiger partial charge >= 0.3 is 0 Å². The van der Waals surface area contributed by atoms with Crippen LogP contribution in [0.2, 0.25) is 0 Å². The predicted molar refractivity (Wildman–Crippen MR) is 150 cm³/mol. The summed E-state index contributed by atoms with van der Waals surface area (Å²) in [6.07, 6.45) is 1.44. The summed E-state index contributed by atoms with van der Waals surface area (Å²) >= 11 is 1.24. The largest absolute Gasteiger partial charge is 0.328 e. The second-order valence-corrected chi connectivity index (χ2v) is 10.5. The van der Waals surface area contributed by atoms with Gasteiger partial charge in [0.05, 0.1) is 23.7 Å². The first-order chi connectivity index (χ1) is 17.8. The molecule has 4 rings (SSSR count). The molecule has 37 heavy (non-hydrogen) atoms. The van der Waals surface area contributed by atoms with Gasteiger partial charge in [-0.3, -0.25) is 14.2 Å². The van der Waals surface area contributed by atoms with E-state index < -0.39 is 0 Å². The zero-order valence-electron chi connectivity index (χ0n) is 22.3. The summed E-state index contributed by atoms with van der Waals surface area (Å²) < 4.78 is 6.16. The van der Waals surface area contributed by atoms with Crippen LogP contribution in [-0.4, -0.2) is 56.8 Å². The number of aromatic nitrogens is 3. The minimum atomic E-state index is -0.362. The van der Waals surface area contributed by atoms with Gasteiger partial charge in [0.15, 0.2) is 4.83 Å². The van der Waals surface area contributed by atoms with E-state index in [9.17, 15) is 9.59 Å². The smallest absolute Gasteiger partial charge is 0.264 e. The first-order valence-corrected chi connectivity index (χ1v) is 13.5. The Morgan fingerprint density at radius 2 is 1.73 bits per heavy atom. The summed E-state index contributed by atoms with van der Waals surface area (Å²) in [7, 11) is 4.06. The van der Waals surface area contributed by atoms with E-state index in [2.05, 4.69) is 9.27 Å². The van der Waals surface area contributed by atoms with E-state index in [-0.39, 0.29) is 17.5 Å². The first-order valence-electron chi connectivity index (χ1n) is 12.7. The molecule has 0 saturated heterocycles. The SMILES string of the molecule is CC[C@@H](c1nc2snc(C)c2c(=O)n1Cc1ccccc1)N(CCCN(C)C)C(=O)c1ccc(C)cc1. The molecule has 0 saturated carbocycles. The number of carbonyl (C=O) groups excluding carboxylic acids is 1. The van der Waals surface area contributed by atoms with E-state index in [1.165, 1.54) is 11.5 Å². The summed E-state index contributed by atoms with van der Waals surface area (Å²) in [5.74, 6) is 0.560.